The third kappa shape index (κ3) is 3.34. The molecule has 128 valence electrons. The van der Waals surface area contributed by atoms with Gasteiger partial charge in [0, 0.05) is 0 Å². The average Bonchev–Trinajstić information content (AvgIpc) is 2.82. The summed E-state index contributed by atoms with van der Waals surface area (Å²) in [7, 11) is 0. The highest BCUT2D eigenvalue weighted by Gasteiger charge is 2.40. The molecule has 3 nitrogen and oxygen atoms in total. The van der Waals surface area contributed by atoms with Crippen LogP contribution in [0.3, 0.4) is 0 Å². The van der Waals surface area contributed by atoms with Gasteiger partial charge in [0.1, 0.15) is 0 Å². The van der Waals surface area contributed by atoms with Gasteiger partial charge in [0.15, 0.2) is 0 Å². The molecule has 0 fully saturated rings. The Morgan fingerprint density at radius 1 is 0.960 bits per heavy atom. The second-order valence-electron chi connectivity index (χ2n) is 5.55. The number of carbonyl (C=O) groups excluding carboxylic acids is 2. The van der Waals surface area contributed by atoms with Gasteiger partial charge < -0.3 is 0 Å². The van der Waals surface area contributed by atoms with E-state index in [0.717, 1.165) is 16.0 Å². The molecule has 25 heavy (non-hydrogen) atoms. The molecule has 0 spiro atoms. The highest BCUT2D eigenvalue weighted by Crippen LogP contribution is 2.39. The molecule has 1 aliphatic rings. The first-order valence-corrected chi connectivity index (χ1v) is 9.46. The van der Waals surface area contributed by atoms with Crippen LogP contribution >= 0.6 is 35.0 Å². The van der Waals surface area contributed by atoms with E-state index in [1.807, 2.05) is 38.1 Å². The minimum absolute atomic E-state index is 0.299. The van der Waals surface area contributed by atoms with Crippen LogP contribution < -0.4 is 4.90 Å². The van der Waals surface area contributed by atoms with Gasteiger partial charge in [-0.2, -0.15) is 0 Å². The summed E-state index contributed by atoms with van der Waals surface area (Å²) >= 11 is 13.4. The van der Waals surface area contributed by atoms with Crippen LogP contribution in [0.25, 0.3) is 5.57 Å². The summed E-state index contributed by atoms with van der Waals surface area (Å²) in [5.41, 5.74) is 2.68. The summed E-state index contributed by atoms with van der Waals surface area (Å²) in [6.45, 7) is 3.92. The van der Waals surface area contributed by atoms with Crippen LogP contribution in [0.2, 0.25) is 10.0 Å². The number of rotatable bonds is 4. The number of halogens is 2. The lowest BCUT2D eigenvalue weighted by Gasteiger charge is -2.16. The monoisotopic (exact) mass is 391 g/mol. The summed E-state index contributed by atoms with van der Waals surface area (Å²) in [5, 5.41) is 0.674. The Morgan fingerprint density at radius 3 is 2.24 bits per heavy atom. The largest absolute Gasteiger partial charge is 0.272 e. The van der Waals surface area contributed by atoms with Gasteiger partial charge >= 0.3 is 0 Å². The number of benzene rings is 2. The first kappa shape index (κ1) is 18.1. The zero-order valence-corrected chi connectivity index (χ0v) is 16.0. The predicted octanol–water partition coefficient (Wildman–Crippen LogP) is 5.34. The van der Waals surface area contributed by atoms with Crippen LogP contribution in [-0.4, -0.2) is 17.6 Å². The van der Waals surface area contributed by atoms with Crippen molar-refractivity contribution in [3.8, 4) is 0 Å². The first-order valence-electron chi connectivity index (χ1n) is 7.72. The van der Waals surface area contributed by atoms with Crippen molar-refractivity contribution in [2.75, 3.05) is 10.7 Å². The Hall–Kier alpha value is -1.75. The van der Waals surface area contributed by atoms with E-state index in [1.165, 1.54) is 17.8 Å². The minimum Gasteiger partial charge on any atom is -0.268 e. The number of thioether (sulfide) groups is 1. The number of nitrogens with zero attached hydrogens (tertiary/aromatic N) is 1. The van der Waals surface area contributed by atoms with Gasteiger partial charge in [-0.15, -0.1) is 11.8 Å². The molecule has 0 saturated carbocycles. The second kappa shape index (κ2) is 7.24. The van der Waals surface area contributed by atoms with E-state index in [0.29, 0.717) is 32.0 Å². The van der Waals surface area contributed by atoms with Crippen molar-refractivity contribution in [3.05, 3.63) is 68.5 Å². The lowest BCUT2D eigenvalue weighted by atomic mass is 10.0. The van der Waals surface area contributed by atoms with Crippen molar-refractivity contribution >= 4 is 58.0 Å². The highest BCUT2D eigenvalue weighted by atomic mass is 35.5. The number of hydrogen-bond donors (Lipinski definition) is 0. The summed E-state index contributed by atoms with van der Waals surface area (Å²) in [4.78, 5) is 27.6. The fraction of sp³-hybridized carbons (Fsp3) is 0.158. The average molecular weight is 392 g/mol. The first-order chi connectivity index (χ1) is 11.9. The summed E-state index contributed by atoms with van der Waals surface area (Å²) in [5.74, 6) is 0.0212. The van der Waals surface area contributed by atoms with Gasteiger partial charge in [-0.3, -0.25) is 9.59 Å². The molecular formula is C19H15Cl2NO2S. The fourth-order valence-electron chi connectivity index (χ4n) is 2.62. The zero-order chi connectivity index (χ0) is 18.1. The van der Waals surface area contributed by atoms with Crippen molar-refractivity contribution < 1.29 is 9.59 Å². The molecule has 0 radical (unpaired) electrons. The third-order valence-electron chi connectivity index (χ3n) is 3.83. The molecule has 2 aromatic carbocycles. The van der Waals surface area contributed by atoms with Crippen molar-refractivity contribution in [2.24, 2.45) is 0 Å². The molecule has 0 bridgehead atoms. The second-order valence-corrected chi connectivity index (χ2v) is 7.64. The van der Waals surface area contributed by atoms with E-state index in [1.54, 1.807) is 12.1 Å². The van der Waals surface area contributed by atoms with Gasteiger partial charge in [0.05, 0.1) is 26.2 Å². The normalized spacial score (nSPS) is 14.6. The molecule has 0 aromatic heterocycles. The van der Waals surface area contributed by atoms with E-state index in [2.05, 4.69) is 0 Å². The maximum atomic E-state index is 13.0. The zero-order valence-electron chi connectivity index (χ0n) is 13.7. The maximum Gasteiger partial charge on any atom is 0.272 e. The highest BCUT2D eigenvalue weighted by molar-refractivity contribution is 8.04. The fourth-order valence-corrected chi connectivity index (χ4v) is 3.77. The number of imide groups is 1. The minimum atomic E-state index is -0.344. The summed E-state index contributed by atoms with van der Waals surface area (Å²) < 4.78 is 0. The standard InChI is InChI=1S/C19H15Cl2NO2S/c1-3-25-17-16(12-6-4-11(2)5-7-12)18(23)22(19(17)24)13-8-9-14(20)15(21)10-13/h4-10H,3H2,1-2H3. The molecule has 0 unspecified atom stereocenters. The van der Waals surface area contributed by atoms with Gasteiger partial charge in [0.2, 0.25) is 0 Å². The van der Waals surface area contributed by atoms with Crippen LogP contribution in [0.4, 0.5) is 5.69 Å². The summed E-state index contributed by atoms with van der Waals surface area (Å²) in [6, 6.07) is 12.3. The molecule has 3 rings (SSSR count). The topological polar surface area (TPSA) is 37.4 Å². The van der Waals surface area contributed by atoms with Gasteiger partial charge in [-0.1, -0.05) is 60.0 Å². The van der Waals surface area contributed by atoms with Gasteiger partial charge in [-0.25, -0.2) is 4.90 Å². The van der Waals surface area contributed by atoms with E-state index >= 15 is 0 Å². The van der Waals surface area contributed by atoms with E-state index in [4.69, 9.17) is 23.2 Å². The predicted molar refractivity (Wildman–Crippen MR) is 105 cm³/mol. The smallest absolute Gasteiger partial charge is 0.268 e. The molecule has 0 N–H and O–H groups in total. The maximum absolute atomic E-state index is 13.0. The lowest BCUT2D eigenvalue weighted by Crippen LogP contribution is -2.31. The van der Waals surface area contributed by atoms with Crippen molar-refractivity contribution in [1.82, 2.24) is 0 Å². The molecule has 2 aromatic rings. The molecule has 0 aliphatic carbocycles. The van der Waals surface area contributed by atoms with Gasteiger partial charge in [-0.05, 0) is 36.4 Å². The third-order valence-corrected chi connectivity index (χ3v) is 5.53. The van der Waals surface area contributed by atoms with Crippen LogP contribution in [0.5, 0.6) is 0 Å². The Bertz CT molecular complexity index is 891. The van der Waals surface area contributed by atoms with Crippen molar-refractivity contribution in [3.63, 3.8) is 0 Å². The quantitative estimate of drug-likeness (QED) is 0.660. The summed E-state index contributed by atoms with van der Waals surface area (Å²) in [6.07, 6.45) is 0. The number of aryl methyl sites for hydroxylation is 1. The Kier molecular flexibility index (Phi) is 5.23. The Balaban J connectivity index is 2.09. The number of hydrogen-bond acceptors (Lipinski definition) is 3. The molecule has 0 saturated heterocycles. The Morgan fingerprint density at radius 2 is 1.64 bits per heavy atom. The van der Waals surface area contributed by atoms with Crippen molar-refractivity contribution in [1.29, 1.82) is 0 Å². The molecule has 6 heteroatoms. The number of carbonyl (C=O) groups is 2. The number of anilines is 1. The van der Waals surface area contributed by atoms with Crippen LogP contribution in [0.1, 0.15) is 18.1 Å². The van der Waals surface area contributed by atoms with Crippen molar-refractivity contribution in [2.45, 2.75) is 13.8 Å². The Labute approximate surface area is 160 Å². The molecule has 2 amide bonds. The molecule has 1 aliphatic heterocycles. The lowest BCUT2D eigenvalue weighted by molar-refractivity contribution is -0.119. The van der Waals surface area contributed by atoms with E-state index in [-0.39, 0.29) is 11.8 Å². The van der Waals surface area contributed by atoms with E-state index in [9.17, 15) is 9.59 Å². The van der Waals surface area contributed by atoms with Crippen LogP contribution in [0.15, 0.2) is 47.4 Å². The van der Waals surface area contributed by atoms with Gasteiger partial charge in [0.25, 0.3) is 11.8 Å². The SMILES string of the molecule is CCSC1=C(c2ccc(C)cc2)C(=O)N(c2ccc(Cl)c(Cl)c2)C1=O. The van der Waals surface area contributed by atoms with Crippen LogP contribution in [-0.2, 0) is 9.59 Å². The molecule has 0 atom stereocenters. The van der Waals surface area contributed by atoms with E-state index < -0.39 is 0 Å². The molecule has 1 heterocycles. The number of amides is 2. The molecular weight excluding hydrogens is 377 g/mol. The van der Waals surface area contributed by atoms with Crippen LogP contribution in [0, 0.1) is 6.92 Å².